The zero-order chi connectivity index (χ0) is 34.9. The van der Waals surface area contributed by atoms with Gasteiger partial charge in [-0.1, -0.05) is 182 Å². The molecule has 0 radical (unpaired) electrons. The number of hydrogen-bond acceptors (Lipinski definition) is 1. The molecule has 0 nitrogen and oxygen atoms in total. The Morgan fingerprint density at radius 2 is 0.755 bits per heavy atom. The fourth-order valence-corrected chi connectivity index (χ4v) is 9.86. The Morgan fingerprint density at radius 3 is 1.45 bits per heavy atom. The predicted octanol–water partition coefficient (Wildman–Crippen LogP) is 15.3. The van der Waals surface area contributed by atoms with Crippen molar-refractivity contribution in [3.05, 3.63) is 194 Å². The number of fused-ring (bicyclic) bond motifs is 8. The number of thiophene rings is 1. The lowest BCUT2D eigenvalue weighted by molar-refractivity contribution is 1.59. The molecule has 0 saturated heterocycles. The van der Waals surface area contributed by atoms with Gasteiger partial charge in [-0.05, 0) is 99.7 Å². The SMILES string of the molecule is c1ccc(-c2cccc3ccccc23)c(-c2ccc(-c3c4ccccc4c(-c4ccc5c(c4)sc4ccc6ccccc6c45)c4ccccc34)cc2)c1. The molecule has 1 aromatic heterocycles. The van der Waals surface area contributed by atoms with Gasteiger partial charge in [-0.2, -0.15) is 0 Å². The number of rotatable bonds is 4. The molecule has 0 aliphatic carbocycles. The first-order valence-electron chi connectivity index (χ1n) is 18.3. The van der Waals surface area contributed by atoms with Crippen molar-refractivity contribution in [2.75, 3.05) is 0 Å². The minimum Gasteiger partial charge on any atom is -0.135 e. The zero-order valence-electron chi connectivity index (χ0n) is 28.9. The van der Waals surface area contributed by atoms with Gasteiger partial charge in [0.05, 0.1) is 0 Å². The quantitative estimate of drug-likeness (QED) is 0.162. The van der Waals surface area contributed by atoms with E-state index in [-0.39, 0.29) is 0 Å². The third-order valence-corrected chi connectivity index (χ3v) is 12.2. The van der Waals surface area contributed by atoms with Crippen molar-refractivity contribution in [1.82, 2.24) is 0 Å². The maximum absolute atomic E-state index is 2.42. The van der Waals surface area contributed by atoms with Crippen molar-refractivity contribution in [1.29, 1.82) is 0 Å². The summed E-state index contributed by atoms with van der Waals surface area (Å²) in [6.45, 7) is 0. The predicted molar refractivity (Wildman–Crippen MR) is 231 cm³/mol. The molecule has 0 aliphatic heterocycles. The van der Waals surface area contributed by atoms with Crippen molar-refractivity contribution in [2.24, 2.45) is 0 Å². The lowest BCUT2D eigenvalue weighted by Crippen LogP contribution is -1.91. The zero-order valence-corrected chi connectivity index (χ0v) is 29.7. The Labute approximate surface area is 311 Å². The molecule has 11 rings (SSSR count). The van der Waals surface area contributed by atoms with Crippen LogP contribution in [0.1, 0.15) is 0 Å². The summed E-state index contributed by atoms with van der Waals surface area (Å²) >= 11 is 1.90. The van der Waals surface area contributed by atoms with Crippen LogP contribution < -0.4 is 0 Å². The van der Waals surface area contributed by atoms with Crippen LogP contribution in [-0.2, 0) is 0 Å². The van der Waals surface area contributed by atoms with E-state index in [1.165, 1.54) is 108 Å². The molecule has 0 atom stereocenters. The van der Waals surface area contributed by atoms with Crippen LogP contribution in [0, 0.1) is 0 Å². The molecule has 0 saturated carbocycles. The molecule has 246 valence electrons. The van der Waals surface area contributed by atoms with E-state index < -0.39 is 0 Å². The van der Waals surface area contributed by atoms with Gasteiger partial charge in [0.1, 0.15) is 0 Å². The van der Waals surface area contributed by atoms with Gasteiger partial charge in [0.15, 0.2) is 0 Å². The standard InChI is InChI=1S/C52H32S/c1-3-15-38-33(12-1)14-11-23-42(38)41-18-6-5-16-39(41)35-24-26-36(27-25-35)50-43-19-7-9-21-45(43)51(46-22-10-8-20-44(46)50)37-28-30-47-49(32-37)53-48-31-29-34-13-2-4-17-40(34)52(47)48/h1-32H. The van der Waals surface area contributed by atoms with Crippen molar-refractivity contribution in [3.63, 3.8) is 0 Å². The summed E-state index contributed by atoms with van der Waals surface area (Å²) in [7, 11) is 0. The second kappa shape index (κ2) is 12.0. The normalized spacial score (nSPS) is 11.8. The Morgan fingerprint density at radius 1 is 0.264 bits per heavy atom. The van der Waals surface area contributed by atoms with Gasteiger partial charge in [-0.15, -0.1) is 11.3 Å². The van der Waals surface area contributed by atoms with Crippen molar-refractivity contribution in [2.45, 2.75) is 0 Å². The van der Waals surface area contributed by atoms with Crippen LogP contribution in [0.2, 0.25) is 0 Å². The van der Waals surface area contributed by atoms with E-state index in [0.29, 0.717) is 0 Å². The molecule has 0 fully saturated rings. The maximum atomic E-state index is 2.42. The molecule has 0 spiro atoms. The summed E-state index contributed by atoms with van der Waals surface area (Å²) in [6, 6.07) is 71.6. The molecule has 0 N–H and O–H groups in total. The highest BCUT2D eigenvalue weighted by atomic mass is 32.1. The third kappa shape index (κ3) is 4.75. The minimum absolute atomic E-state index is 1.21. The summed E-state index contributed by atoms with van der Waals surface area (Å²) in [5.41, 5.74) is 10.0. The van der Waals surface area contributed by atoms with Crippen molar-refractivity contribution >= 4 is 74.6 Å². The maximum Gasteiger partial charge on any atom is 0.0361 e. The smallest absolute Gasteiger partial charge is 0.0361 e. The molecule has 53 heavy (non-hydrogen) atoms. The van der Waals surface area contributed by atoms with E-state index in [1.807, 2.05) is 11.3 Å². The topological polar surface area (TPSA) is 0 Å². The highest BCUT2D eigenvalue weighted by Crippen LogP contribution is 2.46. The first-order chi connectivity index (χ1) is 26.3. The second-order valence-electron chi connectivity index (χ2n) is 14.0. The van der Waals surface area contributed by atoms with Gasteiger partial charge in [0, 0.05) is 20.2 Å². The van der Waals surface area contributed by atoms with Crippen molar-refractivity contribution in [3.8, 4) is 44.5 Å². The Hall–Kier alpha value is -6.54. The summed E-state index contributed by atoms with van der Waals surface area (Å²) in [5, 5.41) is 12.9. The van der Waals surface area contributed by atoms with E-state index in [9.17, 15) is 0 Å². The van der Waals surface area contributed by atoms with Gasteiger partial charge >= 0.3 is 0 Å². The fraction of sp³-hybridized carbons (Fsp3) is 0. The third-order valence-electron chi connectivity index (χ3n) is 11.1. The molecule has 10 aromatic carbocycles. The van der Waals surface area contributed by atoms with E-state index in [2.05, 4.69) is 194 Å². The van der Waals surface area contributed by atoms with Crippen LogP contribution in [-0.4, -0.2) is 0 Å². The molecule has 0 amide bonds. The van der Waals surface area contributed by atoms with Crippen LogP contribution >= 0.6 is 11.3 Å². The summed E-state index contributed by atoms with van der Waals surface area (Å²) in [5.74, 6) is 0. The van der Waals surface area contributed by atoms with E-state index in [0.717, 1.165) is 0 Å². The largest absolute Gasteiger partial charge is 0.135 e. The highest BCUT2D eigenvalue weighted by Gasteiger charge is 2.18. The van der Waals surface area contributed by atoms with Gasteiger partial charge in [0.25, 0.3) is 0 Å². The first-order valence-corrected chi connectivity index (χ1v) is 19.1. The number of hydrogen-bond donors (Lipinski definition) is 0. The molecule has 11 aromatic rings. The number of benzene rings is 10. The van der Waals surface area contributed by atoms with Gasteiger partial charge in [-0.3, -0.25) is 0 Å². The molecular formula is C52H32S. The Kier molecular flexibility index (Phi) is 6.83. The highest BCUT2D eigenvalue weighted by molar-refractivity contribution is 7.26. The molecule has 0 unspecified atom stereocenters. The van der Waals surface area contributed by atoms with Gasteiger partial charge < -0.3 is 0 Å². The first kappa shape index (κ1) is 30.1. The van der Waals surface area contributed by atoms with Crippen LogP contribution in [0.4, 0.5) is 0 Å². The summed E-state index contributed by atoms with van der Waals surface area (Å²) < 4.78 is 2.66. The molecular weight excluding hydrogens is 657 g/mol. The van der Waals surface area contributed by atoms with Crippen molar-refractivity contribution < 1.29 is 0 Å². The molecule has 1 heteroatoms. The Balaban J connectivity index is 1.07. The summed E-state index contributed by atoms with van der Waals surface area (Å²) in [6.07, 6.45) is 0. The van der Waals surface area contributed by atoms with E-state index in [1.54, 1.807) is 0 Å². The van der Waals surface area contributed by atoms with Crippen LogP contribution in [0.3, 0.4) is 0 Å². The Bertz CT molecular complexity index is 3150. The average Bonchev–Trinajstić information content (AvgIpc) is 3.61. The van der Waals surface area contributed by atoms with Gasteiger partial charge in [-0.25, -0.2) is 0 Å². The average molecular weight is 689 g/mol. The fourth-order valence-electron chi connectivity index (χ4n) is 8.70. The van der Waals surface area contributed by atoms with Crippen LogP contribution in [0.5, 0.6) is 0 Å². The van der Waals surface area contributed by atoms with E-state index >= 15 is 0 Å². The van der Waals surface area contributed by atoms with Crippen LogP contribution in [0.15, 0.2) is 194 Å². The monoisotopic (exact) mass is 688 g/mol. The molecule has 0 aliphatic rings. The lowest BCUT2D eigenvalue weighted by Gasteiger charge is -2.18. The molecule has 0 bridgehead atoms. The van der Waals surface area contributed by atoms with E-state index in [4.69, 9.17) is 0 Å². The summed E-state index contributed by atoms with van der Waals surface area (Å²) in [4.78, 5) is 0. The second-order valence-corrected chi connectivity index (χ2v) is 15.0. The minimum atomic E-state index is 1.21. The van der Waals surface area contributed by atoms with Gasteiger partial charge in [0.2, 0.25) is 0 Å². The lowest BCUT2D eigenvalue weighted by atomic mass is 9.85. The van der Waals surface area contributed by atoms with Crippen LogP contribution in [0.25, 0.3) is 108 Å². The molecule has 1 heterocycles.